The summed E-state index contributed by atoms with van der Waals surface area (Å²) in [5.41, 5.74) is 5.66. The topological polar surface area (TPSA) is 110 Å². The fourth-order valence-electron chi connectivity index (χ4n) is 4.96. The average Bonchev–Trinajstić information content (AvgIpc) is 2.96. The van der Waals surface area contributed by atoms with Gasteiger partial charge in [-0.3, -0.25) is 14.4 Å². The lowest BCUT2D eigenvalue weighted by molar-refractivity contribution is -0.137. The Balaban J connectivity index is 1.63. The first-order chi connectivity index (χ1) is 20.1. The number of benzene rings is 3. The van der Waals surface area contributed by atoms with Gasteiger partial charge in [-0.2, -0.15) is 0 Å². The number of pyridine rings is 1. The van der Waals surface area contributed by atoms with Gasteiger partial charge in [-0.1, -0.05) is 30.3 Å². The molecule has 0 unspecified atom stereocenters. The zero-order valence-corrected chi connectivity index (χ0v) is 24.1. The molecule has 1 aromatic heterocycles. The molecule has 42 heavy (non-hydrogen) atoms. The van der Waals surface area contributed by atoms with E-state index < -0.39 is 17.7 Å². The lowest BCUT2D eigenvalue weighted by Gasteiger charge is -2.18. The molecule has 0 saturated carbocycles. The highest BCUT2D eigenvalue weighted by Crippen LogP contribution is 2.37. The van der Waals surface area contributed by atoms with E-state index in [2.05, 4.69) is 10.6 Å². The molecule has 0 fully saturated rings. The molecule has 0 atom stereocenters. The van der Waals surface area contributed by atoms with Crippen molar-refractivity contribution in [3.8, 4) is 28.0 Å². The summed E-state index contributed by atoms with van der Waals surface area (Å²) in [7, 11) is 3.09. The lowest BCUT2D eigenvalue weighted by Crippen LogP contribution is -2.27. The minimum atomic E-state index is -0.867. The first-order valence-corrected chi connectivity index (χ1v) is 13.6. The summed E-state index contributed by atoms with van der Waals surface area (Å²) >= 11 is 0. The van der Waals surface area contributed by atoms with Crippen LogP contribution in [0, 0.1) is 19.7 Å². The van der Waals surface area contributed by atoms with Crippen LogP contribution in [0.3, 0.4) is 0 Å². The van der Waals surface area contributed by atoms with Gasteiger partial charge >= 0.3 is 5.97 Å². The summed E-state index contributed by atoms with van der Waals surface area (Å²) < 4.78 is 22.2. The molecule has 3 N–H and O–H groups in total. The van der Waals surface area contributed by atoms with E-state index in [1.165, 1.54) is 23.8 Å². The number of hydrogen-bond donors (Lipinski definition) is 3. The van der Waals surface area contributed by atoms with E-state index in [1.54, 1.807) is 31.4 Å². The number of carbonyl (C=O) groups excluding carboxylic acids is 1. The lowest BCUT2D eigenvalue weighted by atomic mass is 9.90. The maximum absolute atomic E-state index is 15.3. The molecule has 0 saturated heterocycles. The second kappa shape index (κ2) is 13.3. The molecule has 1 amide bonds. The molecule has 4 aromatic rings. The second-order valence-electron chi connectivity index (χ2n) is 10.1. The Bertz CT molecular complexity index is 1700. The minimum absolute atomic E-state index is 0.0445. The van der Waals surface area contributed by atoms with E-state index in [4.69, 9.17) is 9.84 Å². The number of hydrogen-bond acceptors (Lipinski definition) is 5. The van der Waals surface area contributed by atoms with Gasteiger partial charge in [0.1, 0.15) is 17.1 Å². The number of aliphatic carboxylic acids is 1. The van der Waals surface area contributed by atoms with Crippen LogP contribution in [0.5, 0.6) is 5.75 Å². The highest BCUT2D eigenvalue weighted by molar-refractivity contribution is 6.05. The fourth-order valence-corrected chi connectivity index (χ4v) is 4.96. The van der Waals surface area contributed by atoms with E-state index in [1.807, 2.05) is 44.2 Å². The predicted octanol–water partition coefficient (Wildman–Crippen LogP) is 5.69. The van der Waals surface area contributed by atoms with Gasteiger partial charge in [0.15, 0.2) is 0 Å². The molecule has 1 heterocycles. The van der Waals surface area contributed by atoms with Gasteiger partial charge in [-0.25, -0.2) is 4.39 Å². The number of carboxylic acids is 1. The normalized spacial score (nSPS) is 10.9. The van der Waals surface area contributed by atoms with Crippen molar-refractivity contribution in [1.29, 1.82) is 0 Å². The van der Waals surface area contributed by atoms with Crippen LogP contribution in [0.25, 0.3) is 22.3 Å². The Kier molecular flexibility index (Phi) is 9.54. The van der Waals surface area contributed by atoms with Crippen LogP contribution in [0.2, 0.25) is 0 Å². The summed E-state index contributed by atoms with van der Waals surface area (Å²) in [5.74, 6) is -1.38. The third-order valence-electron chi connectivity index (χ3n) is 7.31. The van der Waals surface area contributed by atoms with Gasteiger partial charge in [0.2, 0.25) is 0 Å². The van der Waals surface area contributed by atoms with Crippen molar-refractivity contribution < 1.29 is 23.8 Å². The molecule has 0 aliphatic carbocycles. The first-order valence-electron chi connectivity index (χ1n) is 13.6. The van der Waals surface area contributed by atoms with Crippen molar-refractivity contribution in [1.82, 2.24) is 9.88 Å². The Hall–Kier alpha value is -4.76. The number of nitrogens with zero attached hydrogens (tertiary/aromatic N) is 1. The zero-order chi connectivity index (χ0) is 30.4. The molecule has 3 aromatic carbocycles. The molecule has 9 heteroatoms. The van der Waals surface area contributed by atoms with Crippen molar-refractivity contribution >= 4 is 17.6 Å². The number of anilines is 1. The largest absolute Gasteiger partial charge is 0.496 e. The van der Waals surface area contributed by atoms with Crippen molar-refractivity contribution in [3.63, 3.8) is 0 Å². The molecule has 0 aliphatic heterocycles. The van der Waals surface area contributed by atoms with E-state index >= 15 is 4.39 Å². The zero-order valence-electron chi connectivity index (χ0n) is 24.1. The number of aryl methyl sites for hydroxylation is 1. The van der Waals surface area contributed by atoms with E-state index in [0.29, 0.717) is 35.5 Å². The van der Waals surface area contributed by atoms with Crippen LogP contribution in [0.15, 0.2) is 71.7 Å². The van der Waals surface area contributed by atoms with Gasteiger partial charge < -0.3 is 25.0 Å². The monoisotopic (exact) mass is 571 g/mol. The molecule has 0 radical (unpaired) electrons. The number of halogens is 1. The first kappa shape index (κ1) is 30.2. The van der Waals surface area contributed by atoms with Crippen LogP contribution >= 0.6 is 0 Å². The Morgan fingerprint density at radius 2 is 1.67 bits per heavy atom. The van der Waals surface area contributed by atoms with Crippen LogP contribution in [-0.2, 0) is 18.4 Å². The van der Waals surface area contributed by atoms with E-state index in [0.717, 1.165) is 27.8 Å². The van der Waals surface area contributed by atoms with E-state index in [-0.39, 0.29) is 24.1 Å². The predicted molar refractivity (Wildman–Crippen MR) is 162 cm³/mol. The number of amides is 1. The van der Waals surface area contributed by atoms with Crippen LogP contribution in [-0.4, -0.2) is 35.2 Å². The number of methoxy groups -OCH3 is 1. The van der Waals surface area contributed by atoms with Gasteiger partial charge in [-0.05, 0) is 90.5 Å². The number of carboxylic acid groups (broad SMARTS) is 1. The van der Waals surface area contributed by atoms with Gasteiger partial charge in [-0.15, -0.1) is 0 Å². The highest BCUT2D eigenvalue weighted by atomic mass is 19.1. The standard InChI is InChI=1S/C33H34FN3O5/c1-20-23(22-17-28(34)27(30(18-22)42-4)19-35-15-7-14-31(38)39)9-5-10-24(20)25-11-6-13-29(21(25)2)36-32(40)26-12-8-16-37(3)33(26)41/h5-6,8-13,16-18,35H,7,14-15,19H2,1-4H3,(H,36,40)(H,38,39). The number of ether oxygens (including phenoxy) is 1. The summed E-state index contributed by atoms with van der Waals surface area (Å²) in [5, 5.41) is 14.8. The number of aromatic nitrogens is 1. The number of nitrogens with one attached hydrogen (secondary N) is 2. The fraction of sp³-hybridized carbons (Fsp3) is 0.242. The third-order valence-corrected chi connectivity index (χ3v) is 7.31. The molecule has 0 spiro atoms. The number of rotatable bonds is 11. The maximum Gasteiger partial charge on any atom is 0.303 e. The minimum Gasteiger partial charge on any atom is -0.496 e. The summed E-state index contributed by atoms with van der Waals surface area (Å²) in [6, 6.07) is 17.8. The Morgan fingerprint density at radius 1 is 0.976 bits per heavy atom. The van der Waals surface area contributed by atoms with Gasteiger partial charge in [0.25, 0.3) is 11.5 Å². The highest BCUT2D eigenvalue weighted by Gasteiger charge is 2.18. The van der Waals surface area contributed by atoms with Gasteiger partial charge in [0.05, 0.1) is 7.11 Å². The van der Waals surface area contributed by atoms with Crippen LogP contribution < -0.4 is 20.9 Å². The summed E-state index contributed by atoms with van der Waals surface area (Å²) in [4.78, 5) is 36.1. The molecular formula is C33H34FN3O5. The van der Waals surface area contributed by atoms with Crippen molar-refractivity contribution in [2.75, 3.05) is 19.0 Å². The molecule has 218 valence electrons. The Morgan fingerprint density at radius 3 is 2.38 bits per heavy atom. The number of carbonyl (C=O) groups is 2. The smallest absolute Gasteiger partial charge is 0.303 e. The third kappa shape index (κ3) is 6.58. The second-order valence-corrected chi connectivity index (χ2v) is 10.1. The summed E-state index contributed by atoms with van der Waals surface area (Å²) in [6.07, 6.45) is 2.08. The van der Waals surface area contributed by atoms with E-state index in [9.17, 15) is 14.4 Å². The quantitative estimate of drug-likeness (QED) is 0.200. The van der Waals surface area contributed by atoms with Gasteiger partial charge in [0, 0.05) is 37.5 Å². The van der Waals surface area contributed by atoms with Crippen molar-refractivity contribution in [2.24, 2.45) is 7.05 Å². The summed E-state index contributed by atoms with van der Waals surface area (Å²) in [6.45, 7) is 4.52. The molecule has 4 rings (SSSR count). The average molecular weight is 572 g/mol. The van der Waals surface area contributed by atoms with Crippen LogP contribution in [0.1, 0.15) is 39.9 Å². The molecule has 0 aliphatic rings. The SMILES string of the molecule is COc1cc(-c2cccc(-c3cccc(NC(=O)c4cccn(C)c4=O)c3C)c2C)cc(F)c1CNCCCC(=O)O. The maximum atomic E-state index is 15.3. The Labute approximate surface area is 243 Å². The van der Waals surface area contributed by atoms with Crippen molar-refractivity contribution in [2.45, 2.75) is 33.2 Å². The molecule has 8 nitrogen and oxygen atoms in total. The molecule has 0 bridgehead atoms. The van der Waals surface area contributed by atoms with Crippen molar-refractivity contribution in [3.05, 3.63) is 105 Å². The van der Waals surface area contributed by atoms with Crippen LogP contribution in [0.4, 0.5) is 10.1 Å². The molecular weight excluding hydrogens is 537 g/mol.